The van der Waals surface area contributed by atoms with Crippen LogP contribution < -0.4 is 0 Å². The van der Waals surface area contributed by atoms with Gasteiger partial charge in [-0.15, -0.1) is 0 Å². The molecule has 1 fully saturated rings. The smallest absolute Gasteiger partial charge is 0.246 e. The first-order valence-corrected chi connectivity index (χ1v) is 8.72. The van der Waals surface area contributed by atoms with Crippen LogP contribution in [0.2, 0.25) is 0 Å². The third kappa shape index (κ3) is 3.69. The molecule has 2 rings (SSSR count). The van der Waals surface area contributed by atoms with Gasteiger partial charge in [-0.1, -0.05) is 20.8 Å². The van der Waals surface area contributed by atoms with Crippen molar-refractivity contribution < 1.29 is 22.0 Å². The van der Waals surface area contributed by atoms with Crippen LogP contribution in [0.3, 0.4) is 0 Å². The van der Waals surface area contributed by atoms with E-state index < -0.39 is 32.0 Å². The molecule has 0 radical (unpaired) electrons. The lowest BCUT2D eigenvalue weighted by molar-refractivity contribution is -0.140. The number of nitrogens with zero attached hydrogens (tertiary/aromatic N) is 2. The van der Waals surface area contributed by atoms with E-state index in [9.17, 15) is 22.0 Å². The molecule has 23 heavy (non-hydrogen) atoms. The van der Waals surface area contributed by atoms with Gasteiger partial charge in [0.15, 0.2) is 0 Å². The fourth-order valence-electron chi connectivity index (χ4n) is 2.43. The van der Waals surface area contributed by atoms with Gasteiger partial charge in [0.2, 0.25) is 15.9 Å². The van der Waals surface area contributed by atoms with Crippen LogP contribution in [-0.4, -0.2) is 49.7 Å². The molecule has 1 aliphatic heterocycles. The lowest BCUT2D eigenvalue weighted by atomic mass is 9.94. The van der Waals surface area contributed by atoms with Crippen LogP contribution in [0.25, 0.3) is 0 Å². The van der Waals surface area contributed by atoms with Crippen molar-refractivity contribution in [2.45, 2.75) is 25.7 Å². The standard InChI is InChI=1S/C15H20F2N2O3S/c1-15(2,3)14(20)18-6-8-19(9-7-18)23(21,22)13-5-4-11(16)10-12(13)17/h4-5,10H,6-9H2,1-3H3. The topological polar surface area (TPSA) is 57.7 Å². The van der Waals surface area contributed by atoms with Crippen LogP contribution in [0.1, 0.15) is 20.8 Å². The first-order chi connectivity index (χ1) is 10.5. The average molecular weight is 346 g/mol. The highest BCUT2D eigenvalue weighted by Crippen LogP contribution is 2.23. The Morgan fingerprint density at radius 1 is 1.09 bits per heavy atom. The highest BCUT2D eigenvalue weighted by atomic mass is 32.2. The quantitative estimate of drug-likeness (QED) is 0.821. The number of carbonyl (C=O) groups is 1. The van der Waals surface area contributed by atoms with Crippen molar-refractivity contribution in [2.75, 3.05) is 26.2 Å². The van der Waals surface area contributed by atoms with E-state index in [0.29, 0.717) is 6.07 Å². The normalized spacial score (nSPS) is 17.3. The maximum atomic E-state index is 13.8. The molecular weight excluding hydrogens is 326 g/mol. The Morgan fingerprint density at radius 2 is 1.65 bits per heavy atom. The van der Waals surface area contributed by atoms with Crippen molar-refractivity contribution in [1.82, 2.24) is 9.21 Å². The predicted molar refractivity (Wildman–Crippen MR) is 81.2 cm³/mol. The van der Waals surface area contributed by atoms with Crippen molar-refractivity contribution in [1.29, 1.82) is 0 Å². The fourth-order valence-corrected chi connectivity index (χ4v) is 3.90. The number of sulfonamides is 1. The van der Waals surface area contributed by atoms with Gasteiger partial charge < -0.3 is 4.90 Å². The molecule has 0 aliphatic carbocycles. The van der Waals surface area contributed by atoms with E-state index in [1.165, 1.54) is 0 Å². The Kier molecular flexibility index (Phi) is 4.77. The maximum absolute atomic E-state index is 13.8. The monoisotopic (exact) mass is 346 g/mol. The molecular formula is C15H20F2N2O3S. The van der Waals surface area contributed by atoms with Gasteiger partial charge in [-0.3, -0.25) is 4.79 Å². The lowest BCUT2D eigenvalue weighted by Crippen LogP contribution is -2.53. The van der Waals surface area contributed by atoms with Crippen molar-refractivity contribution in [3.63, 3.8) is 0 Å². The molecule has 1 aliphatic rings. The number of rotatable bonds is 2. The number of benzene rings is 1. The van der Waals surface area contributed by atoms with E-state index in [1.807, 2.05) is 0 Å². The SMILES string of the molecule is CC(C)(C)C(=O)N1CCN(S(=O)(=O)c2ccc(F)cc2F)CC1. The summed E-state index contributed by atoms with van der Waals surface area (Å²) >= 11 is 0. The Labute approximate surface area is 134 Å². The molecule has 1 aromatic carbocycles. The zero-order chi connectivity index (χ0) is 17.4. The zero-order valence-corrected chi connectivity index (χ0v) is 14.2. The van der Waals surface area contributed by atoms with E-state index in [4.69, 9.17) is 0 Å². The van der Waals surface area contributed by atoms with Crippen LogP contribution in [0.4, 0.5) is 8.78 Å². The molecule has 1 amide bonds. The summed E-state index contributed by atoms with van der Waals surface area (Å²) in [4.78, 5) is 13.3. The highest BCUT2D eigenvalue weighted by Gasteiger charge is 2.34. The van der Waals surface area contributed by atoms with E-state index in [2.05, 4.69) is 0 Å². The van der Waals surface area contributed by atoms with Crippen LogP contribution >= 0.6 is 0 Å². The minimum Gasteiger partial charge on any atom is -0.340 e. The summed E-state index contributed by atoms with van der Waals surface area (Å²) in [6.07, 6.45) is 0. The van der Waals surface area contributed by atoms with Gasteiger partial charge in [-0.2, -0.15) is 4.31 Å². The van der Waals surface area contributed by atoms with Gasteiger partial charge in [0, 0.05) is 37.7 Å². The Hall–Kier alpha value is -1.54. The Morgan fingerprint density at radius 3 is 2.13 bits per heavy atom. The molecule has 0 aromatic heterocycles. The Bertz CT molecular complexity index is 706. The van der Waals surface area contributed by atoms with Crippen LogP contribution in [0.15, 0.2) is 23.1 Å². The van der Waals surface area contributed by atoms with E-state index >= 15 is 0 Å². The zero-order valence-electron chi connectivity index (χ0n) is 13.3. The molecule has 1 heterocycles. The van der Waals surface area contributed by atoms with Gasteiger partial charge in [-0.25, -0.2) is 17.2 Å². The van der Waals surface area contributed by atoms with Gasteiger partial charge in [0.1, 0.15) is 16.5 Å². The molecule has 1 aromatic rings. The summed E-state index contributed by atoms with van der Waals surface area (Å²) in [6.45, 7) is 6.06. The second kappa shape index (κ2) is 6.16. The van der Waals surface area contributed by atoms with Crippen molar-refractivity contribution >= 4 is 15.9 Å². The largest absolute Gasteiger partial charge is 0.340 e. The van der Waals surface area contributed by atoms with Crippen molar-refractivity contribution in [3.8, 4) is 0 Å². The highest BCUT2D eigenvalue weighted by molar-refractivity contribution is 7.89. The van der Waals surface area contributed by atoms with E-state index in [1.54, 1.807) is 25.7 Å². The third-order valence-corrected chi connectivity index (χ3v) is 5.61. The minimum atomic E-state index is -4.04. The predicted octanol–water partition coefficient (Wildman–Crippen LogP) is 1.84. The van der Waals surface area contributed by atoms with Gasteiger partial charge in [0.25, 0.3) is 0 Å². The fraction of sp³-hybridized carbons (Fsp3) is 0.533. The number of amides is 1. The second-order valence-electron chi connectivity index (χ2n) is 6.52. The van der Waals surface area contributed by atoms with Crippen LogP contribution in [0.5, 0.6) is 0 Å². The molecule has 0 unspecified atom stereocenters. The number of halogens is 2. The molecule has 1 saturated heterocycles. The summed E-state index contributed by atoms with van der Waals surface area (Å²) < 4.78 is 52.7. The summed E-state index contributed by atoms with van der Waals surface area (Å²) in [5.41, 5.74) is -0.538. The minimum absolute atomic E-state index is 0.0532. The summed E-state index contributed by atoms with van der Waals surface area (Å²) in [5.74, 6) is -2.00. The summed E-state index contributed by atoms with van der Waals surface area (Å²) in [6, 6.07) is 2.38. The number of carbonyl (C=O) groups excluding carboxylic acids is 1. The van der Waals surface area contributed by atoms with Crippen molar-refractivity contribution in [3.05, 3.63) is 29.8 Å². The maximum Gasteiger partial charge on any atom is 0.246 e. The molecule has 0 atom stereocenters. The van der Waals surface area contributed by atoms with E-state index in [-0.39, 0.29) is 32.1 Å². The molecule has 5 nitrogen and oxygen atoms in total. The molecule has 0 bridgehead atoms. The first kappa shape index (κ1) is 17.8. The van der Waals surface area contributed by atoms with Crippen molar-refractivity contribution in [2.24, 2.45) is 5.41 Å². The van der Waals surface area contributed by atoms with Gasteiger partial charge >= 0.3 is 0 Å². The molecule has 8 heteroatoms. The number of hydrogen-bond acceptors (Lipinski definition) is 3. The molecule has 128 valence electrons. The van der Waals surface area contributed by atoms with Gasteiger partial charge in [-0.05, 0) is 12.1 Å². The molecule has 0 saturated carbocycles. The second-order valence-corrected chi connectivity index (χ2v) is 8.43. The molecule has 0 spiro atoms. The van der Waals surface area contributed by atoms with E-state index in [0.717, 1.165) is 16.4 Å². The van der Waals surface area contributed by atoms with Crippen LogP contribution in [0, 0.1) is 17.0 Å². The Balaban J connectivity index is 2.14. The lowest BCUT2D eigenvalue weighted by Gasteiger charge is -2.37. The summed E-state index contributed by atoms with van der Waals surface area (Å²) in [7, 11) is -4.04. The third-order valence-electron chi connectivity index (χ3n) is 3.68. The summed E-state index contributed by atoms with van der Waals surface area (Å²) in [5, 5.41) is 0. The molecule has 0 N–H and O–H groups in total. The number of piperazine rings is 1. The first-order valence-electron chi connectivity index (χ1n) is 7.28. The number of hydrogen-bond donors (Lipinski definition) is 0. The average Bonchev–Trinajstić information content (AvgIpc) is 2.45. The van der Waals surface area contributed by atoms with Crippen LogP contribution in [-0.2, 0) is 14.8 Å². The van der Waals surface area contributed by atoms with Gasteiger partial charge in [0.05, 0.1) is 0 Å².